The number of carbonyl (C=O) groups excluding carboxylic acids is 1. The first kappa shape index (κ1) is 16.6. The smallest absolute Gasteiger partial charge is 0.228 e. The number of hydrogen-bond acceptors (Lipinski definition) is 6. The molecule has 1 aliphatic heterocycles. The Balaban J connectivity index is 2.69. The lowest BCUT2D eigenvalue weighted by atomic mass is 9.77. The van der Waals surface area contributed by atoms with Crippen molar-refractivity contribution < 1.29 is 14.3 Å². The van der Waals surface area contributed by atoms with Crippen molar-refractivity contribution in [1.29, 1.82) is 5.26 Å². The van der Waals surface area contributed by atoms with Gasteiger partial charge >= 0.3 is 0 Å². The number of nitrogens with two attached hydrogens (primary N) is 2. The summed E-state index contributed by atoms with van der Waals surface area (Å²) >= 11 is 5.19. The normalized spacial score (nSPS) is 20.5. The van der Waals surface area contributed by atoms with E-state index in [2.05, 4.69) is 5.32 Å². The molecule has 0 aromatic heterocycles. The van der Waals surface area contributed by atoms with Gasteiger partial charge < -0.3 is 26.3 Å². The third kappa shape index (κ3) is 2.91. The van der Waals surface area contributed by atoms with Gasteiger partial charge in [-0.3, -0.25) is 4.79 Å². The number of rotatable bonds is 4. The third-order valence-corrected chi connectivity index (χ3v) is 4.03. The van der Waals surface area contributed by atoms with Gasteiger partial charge in [0.15, 0.2) is 0 Å². The molecule has 0 aliphatic carbocycles. The van der Waals surface area contributed by atoms with E-state index in [1.165, 1.54) is 14.2 Å². The number of ether oxygens (including phenoxy) is 2. The van der Waals surface area contributed by atoms with Crippen LogP contribution in [0.15, 0.2) is 29.6 Å². The van der Waals surface area contributed by atoms with Crippen LogP contribution < -0.4 is 26.3 Å². The van der Waals surface area contributed by atoms with Crippen LogP contribution in [-0.2, 0) is 4.79 Å². The molecule has 23 heavy (non-hydrogen) atoms. The van der Waals surface area contributed by atoms with E-state index in [4.69, 9.17) is 33.2 Å². The van der Waals surface area contributed by atoms with Crippen molar-refractivity contribution in [2.45, 2.75) is 5.92 Å². The van der Waals surface area contributed by atoms with E-state index >= 15 is 0 Å². The van der Waals surface area contributed by atoms with Crippen molar-refractivity contribution >= 4 is 23.1 Å². The maximum Gasteiger partial charge on any atom is 0.228 e. The van der Waals surface area contributed by atoms with E-state index in [0.29, 0.717) is 17.1 Å². The van der Waals surface area contributed by atoms with Crippen LogP contribution in [0.25, 0.3) is 0 Å². The maximum atomic E-state index is 11.9. The Kier molecular flexibility index (Phi) is 4.71. The number of amides is 1. The second-order valence-corrected chi connectivity index (χ2v) is 5.33. The summed E-state index contributed by atoms with van der Waals surface area (Å²) in [6, 6.07) is 7.09. The Hall–Kier alpha value is -2.79. The topological polar surface area (TPSA) is 123 Å². The predicted octanol–water partition coefficient (Wildman–Crippen LogP) is 0.513. The summed E-state index contributed by atoms with van der Waals surface area (Å²) in [7, 11) is 3.01. The molecule has 1 heterocycles. The molecule has 2 rings (SSSR count). The van der Waals surface area contributed by atoms with Crippen molar-refractivity contribution in [3.8, 4) is 17.6 Å². The lowest BCUT2D eigenvalue weighted by Gasteiger charge is -2.32. The van der Waals surface area contributed by atoms with Crippen LogP contribution in [0.3, 0.4) is 0 Å². The van der Waals surface area contributed by atoms with Gasteiger partial charge in [-0.05, 0) is 6.07 Å². The highest BCUT2D eigenvalue weighted by Gasteiger charge is 2.41. The van der Waals surface area contributed by atoms with E-state index in [0.717, 1.165) is 0 Å². The van der Waals surface area contributed by atoms with E-state index in [9.17, 15) is 10.1 Å². The second kappa shape index (κ2) is 6.54. The molecule has 2 atom stereocenters. The SMILES string of the molecule is COc1ccc([C@@H]2C(C#N)=C(N)NC(=S)[C@H]2C(N)=O)c(OC)c1. The summed E-state index contributed by atoms with van der Waals surface area (Å²) in [5.41, 5.74) is 12.1. The van der Waals surface area contributed by atoms with Gasteiger partial charge in [0.05, 0.1) is 30.9 Å². The van der Waals surface area contributed by atoms with E-state index in [-0.39, 0.29) is 16.4 Å². The van der Waals surface area contributed by atoms with Crippen LogP contribution in [0.5, 0.6) is 11.5 Å². The first-order valence-electron chi connectivity index (χ1n) is 6.66. The van der Waals surface area contributed by atoms with E-state index in [1.807, 2.05) is 6.07 Å². The molecule has 1 aromatic carbocycles. The van der Waals surface area contributed by atoms with Gasteiger partial charge in [0.1, 0.15) is 23.2 Å². The van der Waals surface area contributed by atoms with Crippen molar-refractivity contribution in [1.82, 2.24) is 5.32 Å². The number of carbonyl (C=O) groups is 1. The van der Waals surface area contributed by atoms with E-state index in [1.54, 1.807) is 18.2 Å². The highest BCUT2D eigenvalue weighted by molar-refractivity contribution is 7.80. The number of hydrogen-bond donors (Lipinski definition) is 3. The highest BCUT2D eigenvalue weighted by Crippen LogP contribution is 2.41. The minimum atomic E-state index is -0.894. The van der Waals surface area contributed by atoms with Crippen molar-refractivity contribution in [3.05, 3.63) is 35.2 Å². The van der Waals surface area contributed by atoms with Gasteiger partial charge in [-0.15, -0.1) is 0 Å². The van der Waals surface area contributed by atoms with Crippen LogP contribution in [0.1, 0.15) is 11.5 Å². The van der Waals surface area contributed by atoms with Gasteiger partial charge in [0.2, 0.25) is 5.91 Å². The van der Waals surface area contributed by atoms with Gasteiger partial charge in [-0.1, -0.05) is 18.3 Å². The quantitative estimate of drug-likeness (QED) is 0.686. The van der Waals surface area contributed by atoms with Crippen molar-refractivity contribution in [2.75, 3.05) is 14.2 Å². The van der Waals surface area contributed by atoms with Crippen molar-refractivity contribution in [2.24, 2.45) is 17.4 Å². The molecule has 0 fully saturated rings. The number of nitrogens with zero attached hydrogens (tertiary/aromatic N) is 1. The van der Waals surface area contributed by atoms with Gasteiger partial charge in [0, 0.05) is 17.5 Å². The minimum absolute atomic E-state index is 0.109. The number of nitriles is 1. The summed E-state index contributed by atoms with van der Waals surface area (Å²) in [5, 5.41) is 12.1. The van der Waals surface area contributed by atoms with Crippen LogP contribution >= 0.6 is 12.2 Å². The summed E-state index contributed by atoms with van der Waals surface area (Å²) in [6.07, 6.45) is 0. The van der Waals surface area contributed by atoms with Crippen LogP contribution in [-0.4, -0.2) is 25.1 Å². The molecule has 5 N–H and O–H groups in total. The molecule has 0 bridgehead atoms. The minimum Gasteiger partial charge on any atom is -0.497 e. The molecule has 0 saturated carbocycles. The van der Waals surface area contributed by atoms with Gasteiger partial charge in [-0.2, -0.15) is 5.26 Å². The molecule has 8 heteroatoms. The lowest BCUT2D eigenvalue weighted by Crippen LogP contribution is -2.47. The summed E-state index contributed by atoms with van der Waals surface area (Å²) in [5.74, 6) is -1.12. The second-order valence-electron chi connectivity index (χ2n) is 4.89. The molecular weight excluding hydrogens is 316 g/mol. The standard InChI is InChI=1S/C15H16N4O3S/c1-21-7-3-4-8(10(5-7)22-2)11-9(6-16)13(17)19-15(23)12(11)14(18)20/h3-5,11-12H,17H2,1-2H3,(H2,18,20)(H,19,23)/t11-,12-/m1/s1. The zero-order valence-corrected chi connectivity index (χ0v) is 13.4. The first-order chi connectivity index (χ1) is 10.9. The zero-order valence-electron chi connectivity index (χ0n) is 12.6. The van der Waals surface area contributed by atoms with Gasteiger partial charge in [-0.25, -0.2) is 0 Å². The fourth-order valence-electron chi connectivity index (χ4n) is 2.60. The molecule has 0 radical (unpaired) electrons. The molecule has 1 amide bonds. The fourth-order valence-corrected chi connectivity index (χ4v) is 2.96. The number of nitrogens with one attached hydrogen (secondary N) is 1. The number of primary amides is 1. The average molecular weight is 332 g/mol. The Morgan fingerprint density at radius 2 is 2.09 bits per heavy atom. The Morgan fingerprint density at radius 1 is 1.39 bits per heavy atom. The fraction of sp³-hybridized carbons (Fsp3) is 0.267. The highest BCUT2D eigenvalue weighted by atomic mass is 32.1. The summed E-state index contributed by atoms with van der Waals surface area (Å²) in [4.78, 5) is 12.1. The van der Waals surface area contributed by atoms with Crippen LogP contribution in [0.2, 0.25) is 0 Å². The van der Waals surface area contributed by atoms with Crippen LogP contribution in [0.4, 0.5) is 0 Å². The molecule has 1 aromatic rings. The number of benzene rings is 1. The molecule has 7 nitrogen and oxygen atoms in total. The number of allylic oxidation sites excluding steroid dienone is 1. The molecule has 120 valence electrons. The van der Waals surface area contributed by atoms with Crippen LogP contribution in [0, 0.1) is 17.2 Å². The Morgan fingerprint density at radius 3 is 2.61 bits per heavy atom. The lowest BCUT2D eigenvalue weighted by molar-refractivity contribution is -0.120. The van der Waals surface area contributed by atoms with Crippen molar-refractivity contribution in [3.63, 3.8) is 0 Å². The Labute approximate surface area is 138 Å². The Bertz CT molecular complexity index is 739. The molecule has 0 spiro atoms. The molecule has 0 saturated heterocycles. The number of thiocarbonyl (C=S) groups is 1. The average Bonchev–Trinajstić information content (AvgIpc) is 2.53. The first-order valence-corrected chi connectivity index (χ1v) is 7.07. The molecule has 1 aliphatic rings. The third-order valence-electron chi connectivity index (χ3n) is 3.68. The predicted molar refractivity (Wildman–Crippen MR) is 87.5 cm³/mol. The van der Waals surface area contributed by atoms with E-state index < -0.39 is 17.7 Å². The zero-order chi connectivity index (χ0) is 17.1. The largest absolute Gasteiger partial charge is 0.497 e. The molecule has 0 unspecified atom stereocenters. The van der Waals surface area contributed by atoms with Gasteiger partial charge in [0.25, 0.3) is 0 Å². The summed E-state index contributed by atoms with van der Waals surface area (Å²) in [6.45, 7) is 0. The molecular formula is C15H16N4O3S. The summed E-state index contributed by atoms with van der Waals surface area (Å²) < 4.78 is 10.5. The maximum absolute atomic E-state index is 11.9. The number of methoxy groups -OCH3 is 2. The monoisotopic (exact) mass is 332 g/mol.